The molecule has 0 aliphatic heterocycles. The average molecular weight is 439 g/mol. The molecule has 1 aromatic heterocycles. The number of amides is 1. The molecular formula is C17H13BrF2N4OS. The summed E-state index contributed by atoms with van der Waals surface area (Å²) in [6.45, 7) is 1.76. The van der Waals surface area contributed by atoms with Crippen molar-refractivity contribution in [2.75, 3.05) is 11.1 Å². The molecule has 1 N–H and O–H groups in total. The summed E-state index contributed by atoms with van der Waals surface area (Å²) in [4.78, 5) is 12.1. The second kappa shape index (κ2) is 7.96. The predicted molar refractivity (Wildman–Crippen MR) is 99.5 cm³/mol. The Balaban J connectivity index is 1.70. The normalized spacial score (nSPS) is 10.8. The van der Waals surface area contributed by atoms with E-state index in [0.29, 0.717) is 21.1 Å². The van der Waals surface area contributed by atoms with E-state index in [-0.39, 0.29) is 23.2 Å². The smallest absolute Gasteiger partial charge is 0.234 e. The van der Waals surface area contributed by atoms with Crippen LogP contribution in [0.1, 0.15) is 5.82 Å². The Morgan fingerprint density at radius 2 is 1.92 bits per heavy atom. The van der Waals surface area contributed by atoms with Crippen LogP contribution in [-0.2, 0) is 4.79 Å². The predicted octanol–water partition coefficient (Wildman–Crippen LogP) is 4.35. The summed E-state index contributed by atoms with van der Waals surface area (Å²) in [5.74, 6) is -0.608. The minimum atomic E-state index is -0.525. The number of hydrogen-bond donors (Lipinski definition) is 1. The summed E-state index contributed by atoms with van der Waals surface area (Å²) in [6, 6.07) is 10.3. The van der Waals surface area contributed by atoms with Gasteiger partial charge in [-0.3, -0.25) is 9.36 Å². The van der Waals surface area contributed by atoms with E-state index in [2.05, 4.69) is 31.4 Å². The van der Waals surface area contributed by atoms with Crippen molar-refractivity contribution in [1.29, 1.82) is 0 Å². The zero-order valence-corrected chi connectivity index (χ0v) is 15.9. The number of carbonyl (C=O) groups is 1. The Bertz CT molecular complexity index is 946. The number of thioether (sulfide) groups is 1. The SMILES string of the molecule is Cc1nnc(SCC(=O)Nc2ccc(Br)cc2F)n1-c1ccc(F)cc1. The molecule has 134 valence electrons. The van der Waals surface area contributed by atoms with Crippen molar-refractivity contribution in [3.63, 3.8) is 0 Å². The highest BCUT2D eigenvalue weighted by molar-refractivity contribution is 9.10. The quantitative estimate of drug-likeness (QED) is 0.601. The summed E-state index contributed by atoms with van der Waals surface area (Å²) < 4.78 is 29.2. The molecule has 0 aliphatic rings. The number of aromatic nitrogens is 3. The number of carbonyl (C=O) groups excluding carboxylic acids is 1. The first-order valence-electron chi connectivity index (χ1n) is 7.49. The molecule has 0 bridgehead atoms. The van der Waals surface area contributed by atoms with Crippen molar-refractivity contribution in [3.05, 3.63) is 64.4 Å². The molecule has 0 spiro atoms. The molecule has 0 saturated carbocycles. The zero-order chi connectivity index (χ0) is 18.7. The molecule has 0 radical (unpaired) electrons. The number of aryl methyl sites for hydroxylation is 1. The first-order chi connectivity index (χ1) is 12.4. The Hall–Kier alpha value is -2.26. The van der Waals surface area contributed by atoms with Crippen molar-refractivity contribution >= 4 is 39.3 Å². The van der Waals surface area contributed by atoms with E-state index in [1.807, 2.05) is 0 Å². The number of halogens is 3. The van der Waals surface area contributed by atoms with Gasteiger partial charge in [0.2, 0.25) is 5.91 Å². The van der Waals surface area contributed by atoms with E-state index in [1.165, 1.54) is 24.3 Å². The van der Waals surface area contributed by atoms with E-state index in [9.17, 15) is 13.6 Å². The molecule has 1 heterocycles. The Morgan fingerprint density at radius 1 is 1.19 bits per heavy atom. The number of benzene rings is 2. The second-order valence-electron chi connectivity index (χ2n) is 5.30. The van der Waals surface area contributed by atoms with Gasteiger partial charge in [0.15, 0.2) is 5.16 Å². The molecule has 3 aromatic rings. The summed E-state index contributed by atoms with van der Waals surface area (Å²) >= 11 is 4.32. The summed E-state index contributed by atoms with van der Waals surface area (Å²) in [7, 11) is 0. The van der Waals surface area contributed by atoms with Gasteiger partial charge in [-0.15, -0.1) is 10.2 Å². The van der Waals surface area contributed by atoms with Crippen LogP contribution in [0.15, 0.2) is 52.1 Å². The first kappa shape index (κ1) is 18.5. The number of nitrogens with zero attached hydrogens (tertiary/aromatic N) is 3. The van der Waals surface area contributed by atoms with E-state index in [4.69, 9.17) is 0 Å². The summed E-state index contributed by atoms with van der Waals surface area (Å²) in [5, 5.41) is 11.1. The van der Waals surface area contributed by atoms with Gasteiger partial charge < -0.3 is 5.32 Å². The van der Waals surface area contributed by atoms with E-state index in [0.717, 1.165) is 11.8 Å². The van der Waals surface area contributed by atoms with E-state index in [1.54, 1.807) is 29.7 Å². The molecule has 0 aliphatic carbocycles. The van der Waals surface area contributed by atoms with Crippen LogP contribution < -0.4 is 5.32 Å². The average Bonchev–Trinajstić information content (AvgIpc) is 2.97. The Morgan fingerprint density at radius 3 is 2.62 bits per heavy atom. The highest BCUT2D eigenvalue weighted by atomic mass is 79.9. The minimum absolute atomic E-state index is 0.0227. The maximum Gasteiger partial charge on any atom is 0.234 e. The van der Waals surface area contributed by atoms with Gasteiger partial charge in [-0.25, -0.2) is 8.78 Å². The fraction of sp³-hybridized carbons (Fsp3) is 0.118. The molecule has 9 heteroatoms. The van der Waals surface area contributed by atoms with Crippen LogP contribution in [-0.4, -0.2) is 26.4 Å². The monoisotopic (exact) mass is 438 g/mol. The van der Waals surface area contributed by atoms with Gasteiger partial charge in [0, 0.05) is 10.2 Å². The molecule has 0 unspecified atom stereocenters. The molecule has 0 saturated heterocycles. The van der Waals surface area contributed by atoms with Crippen LogP contribution in [0.25, 0.3) is 5.69 Å². The number of anilines is 1. The van der Waals surface area contributed by atoms with Gasteiger partial charge in [-0.1, -0.05) is 27.7 Å². The summed E-state index contributed by atoms with van der Waals surface area (Å²) in [6.07, 6.45) is 0. The molecule has 26 heavy (non-hydrogen) atoms. The van der Waals surface area contributed by atoms with Gasteiger partial charge in [0.25, 0.3) is 0 Å². The van der Waals surface area contributed by atoms with Gasteiger partial charge in [0.05, 0.1) is 11.4 Å². The largest absolute Gasteiger partial charge is 0.323 e. The Labute approximate surface area is 161 Å². The number of hydrogen-bond acceptors (Lipinski definition) is 4. The lowest BCUT2D eigenvalue weighted by molar-refractivity contribution is -0.113. The third-order valence-electron chi connectivity index (χ3n) is 3.42. The van der Waals surface area contributed by atoms with Crippen LogP contribution in [0.2, 0.25) is 0 Å². The first-order valence-corrected chi connectivity index (χ1v) is 9.27. The zero-order valence-electron chi connectivity index (χ0n) is 13.5. The van der Waals surface area contributed by atoms with Crippen LogP contribution >= 0.6 is 27.7 Å². The maximum atomic E-state index is 13.8. The standard InChI is InChI=1S/C17H13BrF2N4OS/c1-10-22-23-17(24(10)13-5-3-12(19)4-6-13)26-9-16(25)21-15-7-2-11(18)8-14(15)20/h2-8H,9H2,1H3,(H,21,25). The number of nitrogens with one attached hydrogen (secondary N) is 1. The lowest BCUT2D eigenvalue weighted by Crippen LogP contribution is -2.15. The molecule has 2 aromatic carbocycles. The van der Waals surface area contributed by atoms with Crippen molar-refractivity contribution in [2.45, 2.75) is 12.1 Å². The second-order valence-corrected chi connectivity index (χ2v) is 7.16. The molecule has 3 rings (SSSR count). The van der Waals surface area contributed by atoms with Crippen molar-refractivity contribution < 1.29 is 13.6 Å². The van der Waals surface area contributed by atoms with Gasteiger partial charge in [0.1, 0.15) is 17.5 Å². The van der Waals surface area contributed by atoms with Crippen molar-refractivity contribution in [2.24, 2.45) is 0 Å². The van der Waals surface area contributed by atoms with Crippen molar-refractivity contribution in [3.8, 4) is 5.69 Å². The third-order valence-corrected chi connectivity index (χ3v) is 4.84. The van der Waals surface area contributed by atoms with Gasteiger partial charge in [-0.2, -0.15) is 0 Å². The molecule has 0 atom stereocenters. The van der Waals surface area contributed by atoms with Crippen LogP contribution in [0, 0.1) is 18.6 Å². The van der Waals surface area contributed by atoms with E-state index < -0.39 is 5.82 Å². The number of rotatable bonds is 5. The summed E-state index contributed by atoms with van der Waals surface area (Å²) in [5.41, 5.74) is 0.797. The van der Waals surface area contributed by atoms with Crippen molar-refractivity contribution in [1.82, 2.24) is 14.8 Å². The minimum Gasteiger partial charge on any atom is -0.323 e. The van der Waals surface area contributed by atoms with Crippen LogP contribution in [0.5, 0.6) is 0 Å². The highest BCUT2D eigenvalue weighted by Gasteiger charge is 2.14. The third kappa shape index (κ3) is 4.28. The van der Waals surface area contributed by atoms with Crippen LogP contribution in [0.3, 0.4) is 0 Å². The van der Waals surface area contributed by atoms with Gasteiger partial charge >= 0.3 is 0 Å². The van der Waals surface area contributed by atoms with Gasteiger partial charge in [-0.05, 0) is 49.4 Å². The topological polar surface area (TPSA) is 59.8 Å². The maximum absolute atomic E-state index is 13.8. The molecule has 1 amide bonds. The Kier molecular flexibility index (Phi) is 5.67. The molecule has 5 nitrogen and oxygen atoms in total. The van der Waals surface area contributed by atoms with E-state index >= 15 is 0 Å². The van der Waals surface area contributed by atoms with Crippen LogP contribution in [0.4, 0.5) is 14.5 Å². The highest BCUT2D eigenvalue weighted by Crippen LogP contribution is 2.23. The lowest BCUT2D eigenvalue weighted by Gasteiger charge is -2.09. The fourth-order valence-electron chi connectivity index (χ4n) is 2.23. The molecular weight excluding hydrogens is 426 g/mol. The fourth-order valence-corrected chi connectivity index (χ4v) is 3.36. The lowest BCUT2D eigenvalue weighted by atomic mass is 10.3. The molecule has 0 fully saturated rings.